The molecule has 0 N–H and O–H groups in total. The monoisotopic (exact) mass is 406 g/mol. The Kier molecular flexibility index (Phi) is 654. The maximum Gasteiger partial charge on any atom is 0.108 e. The Morgan fingerprint density at radius 3 is 0.536 bits per heavy atom. The first-order chi connectivity index (χ1) is 8.66. The van der Waals surface area contributed by atoms with E-state index in [2.05, 4.69) is 91.4 Å². The molecule has 0 aliphatic heterocycles. The zero-order valence-corrected chi connectivity index (χ0v) is 14.4. The fraction of sp³-hybridized carbons (Fsp3) is 1.00. The van der Waals surface area contributed by atoms with Crippen molar-refractivity contribution < 1.29 is 0 Å². The summed E-state index contributed by atoms with van der Waals surface area (Å²) >= 11 is 0. The average Bonchev–Trinajstić information content (AvgIpc) is 2.42. The minimum Gasteiger partial charge on any atom is -0.107 e. The molecule has 0 aromatic heterocycles. The van der Waals surface area contributed by atoms with Crippen molar-refractivity contribution in [1.82, 2.24) is 0 Å². The van der Waals surface area contributed by atoms with E-state index in [1.54, 1.807) is 0 Å². The van der Waals surface area contributed by atoms with Crippen molar-refractivity contribution in [3.8, 4) is 0 Å². The van der Waals surface area contributed by atoms with Gasteiger partial charge in [-0.05, 0) is 0 Å². The number of hydrogen-bond acceptors (Lipinski definition) is 0. The molecule has 0 atom stereocenters. The summed E-state index contributed by atoms with van der Waals surface area (Å²) in [5.74, 6) is 0. The smallest absolute Gasteiger partial charge is 0.107 e. The molecule has 0 aromatic rings. The second-order valence-corrected chi connectivity index (χ2v) is 3.79. The Labute approximate surface area is 197 Å². The van der Waals surface area contributed by atoms with E-state index in [0.29, 0.717) is 0 Å². The summed E-state index contributed by atoms with van der Waals surface area (Å²) in [6.45, 7) is 16.8. The van der Waals surface area contributed by atoms with Gasteiger partial charge in [-0.3, -0.25) is 0 Å². The molecule has 0 saturated heterocycles. The Balaban J connectivity index is -0.00000000697. The van der Waals surface area contributed by atoms with E-state index >= 15 is 0 Å². The molecule has 0 saturated carbocycles. The van der Waals surface area contributed by atoms with E-state index in [-0.39, 0.29) is 74.3 Å². The van der Waals surface area contributed by atoms with Crippen molar-refractivity contribution in [3.63, 3.8) is 0 Å². The van der Waals surface area contributed by atoms with E-state index in [9.17, 15) is 0 Å². The molecule has 28 heavy (non-hydrogen) atoms. The molecule has 0 amide bonds. The van der Waals surface area contributed by atoms with Crippen LogP contribution in [0.1, 0.15) is 102 Å². The first kappa shape index (κ1) is 103. The summed E-state index contributed by atoms with van der Waals surface area (Å²) in [5, 5.41) is 0. The zero-order chi connectivity index (χ0) is 15.1. The molecule has 5 radical (unpaired) electrons. The van der Waals surface area contributed by atoms with Gasteiger partial charge in [-0.1, -0.05) is 155 Å². The van der Waals surface area contributed by atoms with Crippen molar-refractivity contribution >= 4 is 36.4 Å². The van der Waals surface area contributed by atoms with E-state index in [1.165, 1.54) is 25.3 Å². The minimum absolute atomic E-state index is 0. The van der Waals surface area contributed by atoms with E-state index in [0.717, 1.165) is 6.22 Å². The van der Waals surface area contributed by atoms with Crippen LogP contribution in [-0.2, 0) is 0 Å². The highest BCUT2D eigenvalue weighted by Gasteiger charge is 1.74. The molecule has 0 fully saturated rings. The summed E-state index contributed by atoms with van der Waals surface area (Å²) in [5.41, 5.74) is 0. The average molecular weight is 405 g/mol. The van der Waals surface area contributed by atoms with Gasteiger partial charge in [0, 0.05) is 0 Å². The second kappa shape index (κ2) is 178. The van der Waals surface area contributed by atoms with Crippen LogP contribution in [0.2, 0.25) is 58.8 Å². The standard InChI is InChI=1S/C4H10B.C3H8B2.2C3H8B.10CH4/c1-3-5-4-2;1-4-3-5-2;2*1-3-4-2;;;;;;;;;;/h3-4H2,1-2H3;3H2,1-2H3;2*3H2,1-2H3;10*1H4. The second-order valence-electron chi connectivity index (χ2n) is 3.79. The third-order valence-electron chi connectivity index (χ3n) is 1.87. The molecule has 0 heterocycles. The maximum absolute atomic E-state index is 2.25. The van der Waals surface area contributed by atoms with Crippen LogP contribution >= 0.6 is 0 Å². The van der Waals surface area contributed by atoms with Crippen LogP contribution in [-0.4, -0.2) is 36.4 Å². The van der Waals surface area contributed by atoms with Crippen LogP contribution in [0.15, 0.2) is 0 Å². The third-order valence-corrected chi connectivity index (χ3v) is 1.87. The lowest BCUT2D eigenvalue weighted by molar-refractivity contribution is 1.36. The lowest BCUT2D eigenvalue weighted by atomic mass is 9.58. The molecule has 0 bridgehead atoms. The van der Waals surface area contributed by atoms with Crippen molar-refractivity contribution in [3.05, 3.63) is 0 Å². The van der Waals surface area contributed by atoms with Gasteiger partial charge in [-0.2, -0.15) is 0 Å². The summed E-state index contributed by atoms with van der Waals surface area (Å²) in [7, 11) is 10.8. The molecule has 0 spiro atoms. The first-order valence-corrected chi connectivity index (χ1v) is 7.59. The Hall–Kier alpha value is 0.325. The summed E-state index contributed by atoms with van der Waals surface area (Å²) in [4.78, 5) is 0. The zero-order valence-electron chi connectivity index (χ0n) is 14.4. The normalized spacial score (nSPS) is 4.43. The summed E-state index contributed by atoms with van der Waals surface area (Å²) in [6, 6.07) is 0. The first-order valence-electron chi connectivity index (χ1n) is 7.59. The van der Waals surface area contributed by atoms with Crippen LogP contribution < -0.4 is 0 Å². The Morgan fingerprint density at radius 1 is 0.357 bits per heavy atom. The predicted molar refractivity (Wildman–Crippen MR) is 166 cm³/mol. The minimum atomic E-state index is 0. The Bertz CT molecular complexity index is 67.4. The van der Waals surface area contributed by atoms with E-state index in [4.69, 9.17) is 0 Å². The molecule has 0 aliphatic rings. The Morgan fingerprint density at radius 2 is 0.536 bits per heavy atom. The van der Waals surface area contributed by atoms with Gasteiger partial charge >= 0.3 is 0 Å². The third kappa shape index (κ3) is 422. The fourth-order valence-corrected chi connectivity index (χ4v) is 0.524. The van der Waals surface area contributed by atoms with Crippen molar-refractivity contribution in [2.75, 3.05) is 0 Å². The van der Waals surface area contributed by atoms with Crippen LogP contribution in [0.25, 0.3) is 0 Å². The molecule has 0 aromatic carbocycles. The van der Waals surface area contributed by atoms with Crippen molar-refractivity contribution in [2.24, 2.45) is 0 Å². The number of hydrogen-bond donors (Lipinski definition) is 0. The van der Waals surface area contributed by atoms with Crippen molar-refractivity contribution in [1.29, 1.82) is 0 Å². The van der Waals surface area contributed by atoms with Gasteiger partial charge in [0.2, 0.25) is 0 Å². The highest BCUT2D eigenvalue weighted by molar-refractivity contribution is 6.54. The quantitative estimate of drug-likeness (QED) is 0.386. The van der Waals surface area contributed by atoms with E-state index < -0.39 is 0 Å². The molecule has 0 unspecified atom stereocenters. The molecule has 0 aliphatic carbocycles. The maximum atomic E-state index is 2.25. The van der Waals surface area contributed by atoms with Crippen LogP contribution in [0.5, 0.6) is 0 Å². The lowest BCUT2D eigenvalue weighted by Gasteiger charge is -1.75. The molecular weight excluding hydrogens is 330 g/mol. The summed E-state index contributed by atoms with van der Waals surface area (Å²) < 4.78 is 0. The highest BCUT2D eigenvalue weighted by atomic mass is 13.5. The van der Waals surface area contributed by atoms with Crippen LogP contribution in [0.4, 0.5) is 0 Å². The fourth-order valence-electron chi connectivity index (χ4n) is 0.524. The van der Waals surface area contributed by atoms with Gasteiger partial charge in [-0.25, -0.2) is 0 Å². The van der Waals surface area contributed by atoms with Crippen LogP contribution in [0, 0.1) is 0 Å². The molecule has 0 nitrogen and oxygen atoms in total. The number of rotatable bonds is 6. The lowest BCUT2D eigenvalue weighted by Crippen LogP contribution is -1.84. The van der Waals surface area contributed by atoms with E-state index in [1.807, 2.05) is 0 Å². The largest absolute Gasteiger partial charge is 0.108 e. The van der Waals surface area contributed by atoms with Crippen molar-refractivity contribution in [2.45, 2.75) is 161 Å². The SMILES string of the molecule is C.C.C.C.C.C.C.C.C.C.CC[B]CC.C[B]CC.C[B]CC.C[B]C[B]C. The highest BCUT2D eigenvalue weighted by Crippen LogP contribution is 1.77. The van der Waals surface area contributed by atoms with Gasteiger partial charge in [0.05, 0.1) is 14.6 Å². The predicted octanol–water partition coefficient (Wildman–Crippen LogP) is 11.1. The van der Waals surface area contributed by atoms with Gasteiger partial charge in [0.15, 0.2) is 0 Å². The van der Waals surface area contributed by atoms with Gasteiger partial charge in [0.25, 0.3) is 0 Å². The molecule has 0 rings (SSSR count). The van der Waals surface area contributed by atoms with Gasteiger partial charge < -0.3 is 0 Å². The molecular formula is C23H74B5. The van der Waals surface area contributed by atoms with Gasteiger partial charge in [0.1, 0.15) is 21.8 Å². The van der Waals surface area contributed by atoms with Gasteiger partial charge in [-0.15, -0.1) is 6.22 Å². The molecule has 5 heteroatoms. The molecule has 181 valence electrons. The topological polar surface area (TPSA) is 0 Å². The van der Waals surface area contributed by atoms with Crippen LogP contribution in [0.3, 0.4) is 0 Å². The summed E-state index contributed by atoms with van der Waals surface area (Å²) in [6.07, 6.45) is 5.97.